The largest absolute Gasteiger partial charge is 0.493 e. The third-order valence-electron chi connectivity index (χ3n) is 2.12. The molecule has 98 valence electrons. The topological polar surface area (TPSA) is 89.7 Å². The monoisotopic (exact) mass is 317 g/mol. The third-order valence-corrected chi connectivity index (χ3v) is 2.58. The lowest BCUT2D eigenvalue weighted by molar-refractivity contribution is -0.385. The molecular formula is C11H12BrNO5. The van der Waals surface area contributed by atoms with Crippen molar-refractivity contribution in [2.45, 2.75) is 19.3 Å². The fourth-order valence-electron chi connectivity index (χ4n) is 1.30. The summed E-state index contributed by atoms with van der Waals surface area (Å²) in [5.41, 5.74) is -0.0510. The number of nitrogens with zero attached hydrogens (tertiary/aromatic N) is 1. The Labute approximate surface area is 112 Å². The highest BCUT2D eigenvalue weighted by atomic mass is 79.9. The van der Waals surface area contributed by atoms with Gasteiger partial charge in [-0.1, -0.05) is 15.9 Å². The van der Waals surface area contributed by atoms with Crippen LogP contribution in [0.5, 0.6) is 5.75 Å². The number of rotatable bonds is 7. The Bertz CT molecular complexity index is 449. The Kier molecular flexibility index (Phi) is 5.57. The number of nitro groups is 1. The zero-order valence-corrected chi connectivity index (χ0v) is 11.1. The van der Waals surface area contributed by atoms with Gasteiger partial charge in [-0.05, 0) is 18.9 Å². The van der Waals surface area contributed by atoms with E-state index in [9.17, 15) is 14.9 Å². The second kappa shape index (κ2) is 6.95. The van der Waals surface area contributed by atoms with Crippen LogP contribution in [0.4, 0.5) is 5.69 Å². The first-order valence-corrected chi connectivity index (χ1v) is 6.08. The summed E-state index contributed by atoms with van der Waals surface area (Å²) in [6.07, 6.45) is 1.21. The summed E-state index contributed by atoms with van der Waals surface area (Å²) < 4.78 is 5.90. The zero-order valence-electron chi connectivity index (χ0n) is 9.47. The number of carbonyl (C=O) groups is 1. The van der Waals surface area contributed by atoms with Crippen molar-refractivity contribution in [3.8, 4) is 5.75 Å². The van der Waals surface area contributed by atoms with Gasteiger partial charge in [-0.3, -0.25) is 14.9 Å². The molecule has 0 atom stereocenters. The van der Waals surface area contributed by atoms with E-state index in [1.165, 1.54) is 12.1 Å². The van der Waals surface area contributed by atoms with Gasteiger partial charge in [0.05, 0.1) is 17.6 Å². The van der Waals surface area contributed by atoms with Gasteiger partial charge in [0.25, 0.3) is 5.69 Å². The molecule has 0 spiro atoms. The SMILES string of the molecule is O=C(O)CCCCOc1cc(Br)cc([N+](=O)[O-])c1. The van der Waals surface area contributed by atoms with Gasteiger partial charge < -0.3 is 9.84 Å². The van der Waals surface area contributed by atoms with E-state index in [-0.39, 0.29) is 12.1 Å². The van der Waals surface area contributed by atoms with Gasteiger partial charge in [-0.25, -0.2) is 0 Å². The van der Waals surface area contributed by atoms with E-state index in [1.54, 1.807) is 6.07 Å². The van der Waals surface area contributed by atoms with Crippen LogP contribution in [0.2, 0.25) is 0 Å². The molecule has 0 amide bonds. The summed E-state index contributed by atoms with van der Waals surface area (Å²) in [4.78, 5) is 20.4. The summed E-state index contributed by atoms with van der Waals surface area (Å²) in [5.74, 6) is -0.445. The number of unbranched alkanes of at least 4 members (excludes halogenated alkanes) is 1. The van der Waals surface area contributed by atoms with Crippen LogP contribution in [0.3, 0.4) is 0 Å². The number of halogens is 1. The Morgan fingerprint density at radius 3 is 2.72 bits per heavy atom. The van der Waals surface area contributed by atoms with Crippen LogP contribution in [-0.2, 0) is 4.79 Å². The van der Waals surface area contributed by atoms with Crippen LogP contribution in [0.15, 0.2) is 22.7 Å². The number of nitro benzene ring substituents is 1. The summed E-state index contributed by atoms with van der Waals surface area (Å²) >= 11 is 3.16. The summed E-state index contributed by atoms with van der Waals surface area (Å²) in [6, 6.07) is 4.35. The van der Waals surface area contributed by atoms with Crippen molar-refractivity contribution in [1.29, 1.82) is 0 Å². The average Bonchev–Trinajstić information content (AvgIpc) is 2.27. The van der Waals surface area contributed by atoms with Crippen molar-refractivity contribution in [3.05, 3.63) is 32.8 Å². The fourth-order valence-corrected chi connectivity index (χ4v) is 1.77. The number of hydrogen-bond donors (Lipinski definition) is 1. The van der Waals surface area contributed by atoms with Crippen LogP contribution in [0.25, 0.3) is 0 Å². The van der Waals surface area contributed by atoms with Gasteiger partial charge in [-0.2, -0.15) is 0 Å². The van der Waals surface area contributed by atoms with Crippen LogP contribution >= 0.6 is 15.9 Å². The predicted molar refractivity (Wildman–Crippen MR) is 67.8 cm³/mol. The third kappa shape index (κ3) is 5.13. The second-order valence-electron chi connectivity index (χ2n) is 3.60. The van der Waals surface area contributed by atoms with Crippen LogP contribution in [-0.4, -0.2) is 22.6 Å². The number of hydrogen-bond acceptors (Lipinski definition) is 4. The Hall–Kier alpha value is -1.63. The van der Waals surface area contributed by atoms with Crippen LogP contribution in [0.1, 0.15) is 19.3 Å². The van der Waals surface area contributed by atoms with Gasteiger partial charge in [0, 0.05) is 17.0 Å². The second-order valence-corrected chi connectivity index (χ2v) is 4.52. The average molecular weight is 318 g/mol. The maximum atomic E-state index is 10.6. The molecule has 0 saturated carbocycles. The van der Waals surface area contributed by atoms with E-state index in [0.29, 0.717) is 29.7 Å². The quantitative estimate of drug-likeness (QED) is 0.474. The first kappa shape index (κ1) is 14.4. The standard InChI is InChI=1S/C11H12BrNO5/c12-8-5-9(13(16)17)7-10(6-8)18-4-2-1-3-11(14)15/h5-7H,1-4H2,(H,14,15). The summed E-state index contributed by atoms with van der Waals surface area (Å²) in [7, 11) is 0. The lowest BCUT2D eigenvalue weighted by Crippen LogP contribution is -2.00. The van der Waals surface area contributed by atoms with Crippen molar-refractivity contribution in [3.63, 3.8) is 0 Å². The number of benzene rings is 1. The number of ether oxygens (including phenoxy) is 1. The molecule has 0 aliphatic carbocycles. The van der Waals surface area contributed by atoms with Gasteiger partial charge in [-0.15, -0.1) is 0 Å². The minimum atomic E-state index is -0.840. The molecular weight excluding hydrogens is 306 g/mol. The van der Waals surface area contributed by atoms with Gasteiger partial charge in [0.15, 0.2) is 0 Å². The summed E-state index contributed by atoms with van der Waals surface area (Å²) in [6.45, 7) is 0.334. The normalized spacial score (nSPS) is 10.1. The molecule has 0 aromatic heterocycles. The molecule has 0 heterocycles. The number of carboxylic acid groups (broad SMARTS) is 1. The molecule has 1 N–H and O–H groups in total. The van der Waals surface area contributed by atoms with Crippen LogP contribution in [0, 0.1) is 10.1 Å². The molecule has 0 radical (unpaired) electrons. The van der Waals surface area contributed by atoms with E-state index in [2.05, 4.69) is 15.9 Å². The molecule has 1 aromatic carbocycles. The molecule has 1 rings (SSSR count). The number of aliphatic carboxylic acids is 1. The molecule has 0 fully saturated rings. The van der Waals surface area contributed by atoms with E-state index < -0.39 is 10.9 Å². The molecule has 0 aliphatic heterocycles. The molecule has 6 nitrogen and oxygen atoms in total. The van der Waals surface area contributed by atoms with Crippen molar-refractivity contribution < 1.29 is 19.6 Å². The predicted octanol–water partition coefficient (Wildman–Crippen LogP) is 2.99. The van der Waals surface area contributed by atoms with E-state index in [1.807, 2.05) is 0 Å². The molecule has 18 heavy (non-hydrogen) atoms. The van der Waals surface area contributed by atoms with Gasteiger partial charge in [0.2, 0.25) is 0 Å². The maximum Gasteiger partial charge on any atom is 0.303 e. The first-order chi connectivity index (χ1) is 8.49. The minimum absolute atomic E-state index is 0.0510. The van der Waals surface area contributed by atoms with Gasteiger partial charge in [0.1, 0.15) is 5.75 Å². The molecule has 0 unspecified atom stereocenters. The van der Waals surface area contributed by atoms with Crippen molar-refractivity contribution >= 4 is 27.6 Å². The molecule has 0 bridgehead atoms. The Morgan fingerprint density at radius 2 is 2.11 bits per heavy atom. The number of carboxylic acids is 1. The van der Waals surface area contributed by atoms with Crippen molar-refractivity contribution in [1.82, 2.24) is 0 Å². The van der Waals surface area contributed by atoms with E-state index in [4.69, 9.17) is 9.84 Å². The highest BCUT2D eigenvalue weighted by Crippen LogP contribution is 2.26. The zero-order chi connectivity index (χ0) is 13.5. The summed E-state index contributed by atoms with van der Waals surface area (Å²) in [5, 5.41) is 19.1. The van der Waals surface area contributed by atoms with E-state index in [0.717, 1.165) is 0 Å². The van der Waals surface area contributed by atoms with Crippen LogP contribution < -0.4 is 4.74 Å². The van der Waals surface area contributed by atoms with Gasteiger partial charge >= 0.3 is 5.97 Å². The molecule has 1 aromatic rings. The lowest BCUT2D eigenvalue weighted by Gasteiger charge is -2.06. The molecule has 7 heteroatoms. The van der Waals surface area contributed by atoms with Crippen molar-refractivity contribution in [2.75, 3.05) is 6.61 Å². The lowest BCUT2D eigenvalue weighted by atomic mass is 10.2. The minimum Gasteiger partial charge on any atom is -0.493 e. The smallest absolute Gasteiger partial charge is 0.303 e. The highest BCUT2D eigenvalue weighted by molar-refractivity contribution is 9.10. The van der Waals surface area contributed by atoms with E-state index >= 15 is 0 Å². The first-order valence-electron chi connectivity index (χ1n) is 5.28. The van der Waals surface area contributed by atoms with Crippen molar-refractivity contribution in [2.24, 2.45) is 0 Å². The maximum absolute atomic E-state index is 10.6. The number of non-ortho nitro benzene ring substituents is 1. The Morgan fingerprint density at radius 1 is 1.39 bits per heavy atom. The Balaban J connectivity index is 2.47. The highest BCUT2D eigenvalue weighted by Gasteiger charge is 2.09. The molecule has 0 aliphatic rings. The fraction of sp³-hybridized carbons (Fsp3) is 0.364. The molecule has 0 saturated heterocycles.